The number of rotatable bonds is 4. The van der Waals surface area contributed by atoms with Gasteiger partial charge in [-0.15, -0.1) is 0 Å². The summed E-state index contributed by atoms with van der Waals surface area (Å²) in [7, 11) is 1.56. The van der Waals surface area contributed by atoms with Crippen molar-refractivity contribution in [1.82, 2.24) is 0 Å². The van der Waals surface area contributed by atoms with Crippen molar-refractivity contribution in [1.29, 1.82) is 0 Å². The van der Waals surface area contributed by atoms with E-state index in [-0.39, 0.29) is 6.42 Å². The Balaban J connectivity index is 2.93. The van der Waals surface area contributed by atoms with Crippen molar-refractivity contribution in [2.75, 3.05) is 7.11 Å². The lowest BCUT2D eigenvalue weighted by atomic mass is 9.91. The number of methoxy groups -OCH3 is 1. The number of aryl methyl sites for hydroxylation is 1. The number of ether oxygens (including phenoxy) is 1. The SMILES string of the molecule is COC(C)(C)c1ccccc1CCC(F)(F)F. The summed E-state index contributed by atoms with van der Waals surface area (Å²) in [6, 6.07) is 7.10. The minimum atomic E-state index is -4.12. The van der Waals surface area contributed by atoms with Gasteiger partial charge in [-0.25, -0.2) is 0 Å². The fourth-order valence-electron chi connectivity index (χ4n) is 1.71. The van der Waals surface area contributed by atoms with Gasteiger partial charge in [-0.05, 0) is 31.4 Å². The summed E-state index contributed by atoms with van der Waals surface area (Å²) in [5, 5.41) is 0. The van der Waals surface area contributed by atoms with Crippen molar-refractivity contribution in [3.8, 4) is 0 Å². The van der Waals surface area contributed by atoms with Gasteiger partial charge < -0.3 is 4.74 Å². The maximum absolute atomic E-state index is 12.2. The van der Waals surface area contributed by atoms with Crippen molar-refractivity contribution in [3.05, 3.63) is 35.4 Å². The summed E-state index contributed by atoms with van der Waals surface area (Å²) in [6.07, 6.45) is -4.93. The molecule has 0 heterocycles. The van der Waals surface area contributed by atoms with Gasteiger partial charge in [-0.1, -0.05) is 24.3 Å². The summed E-state index contributed by atoms with van der Waals surface area (Å²) in [4.78, 5) is 0. The summed E-state index contributed by atoms with van der Waals surface area (Å²) in [5.74, 6) is 0. The normalized spacial score (nSPS) is 12.8. The van der Waals surface area contributed by atoms with Crippen LogP contribution in [-0.2, 0) is 16.8 Å². The van der Waals surface area contributed by atoms with Crippen LogP contribution in [0.15, 0.2) is 24.3 Å². The minimum Gasteiger partial charge on any atom is -0.374 e. The quantitative estimate of drug-likeness (QED) is 0.778. The van der Waals surface area contributed by atoms with Gasteiger partial charge in [0.1, 0.15) is 0 Å². The minimum absolute atomic E-state index is 0.00748. The second kappa shape index (κ2) is 5.08. The third-order valence-corrected chi connectivity index (χ3v) is 2.85. The molecule has 0 amide bonds. The van der Waals surface area contributed by atoms with Gasteiger partial charge in [0.25, 0.3) is 0 Å². The smallest absolute Gasteiger partial charge is 0.374 e. The van der Waals surface area contributed by atoms with E-state index < -0.39 is 18.2 Å². The molecule has 0 N–H and O–H groups in total. The number of benzene rings is 1. The monoisotopic (exact) mass is 246 g/mol. The maximum atomic E-state index is 12.2. The maximum Gasteiger partial charge on any atom is 0.389 e. The molecule has 0 fully saturated rings. The number of halogens is 3. The number of alkyl halides is 3. The molecule has 1 aromatic carbocycles. The molecule has 0 radical (unpaired) electrons. The highest BCUT2D eigenvalue weighted by atomic mass is 19.4. The van der Waals surface area contributed by atoms with Crippen molar-refractivity contribution in [2.45, 2.75) is 38.5 Å². The van der Waals surface area contributed by atoms with Gasteiger partial charge in [-0.3, -0.25) is 0 Å². The molecule has 0 atom stereocenters. The average molecular weight is 246 g/mol. The fourth-order valence-corrected chi connectivity index (χ4v) is 1.71. The molecule has 1 rings (SSSR count). The molecular weight excluding hydrogens is 229 g/mol. The van der Waals surface area contributed by atoms with Gasteiger partial charge in [0.2, 0.25) is 0 Å². The first-order valence-corrected chi connectivity index (χ1v) is 5.46. The van der Waals surface area contributed by atoms with Crippen LogP contribution in [0.3, 0.4) is 0 Å². The van der Waals surface area contributed by atoms with E-state index in [9.17, 15) is 13.2 Å². The van der Waals surface area contributed by atoms with Crippen LogP contribution in [0.4, 0.5) is 13.2 Å². The first kappa shape index (κ1) is 14.0. The van der Waals surface area contributed by atoms with E-state index in [1.54, 1.807) is 19.2 Å². The van der Waals surface area contributed by atoms with Crippen LogP contribution in [0.5, 0.6) is 0 Å². The Kier molecular flexibility index (Phi) is 4.20. The van der Waals surface area contributed by atoms with Crippen LogP contribution in [0.2, 0.25) is 0 Å². The zero-order valence-electron chi connectivity index (χ0n) is 10.3. The first-order chi connectivity index (χ1) is 7.76. The molecular formula is C13H17F3O. The average Bonchev–Trinajstić information content (AvgIpc) is 2.26. The Morgan fingerprint density at radius 2 is 1.71 bits per heavy atom. The van der Waals surface area contributed by atoms with Gasteiger partial charge in [0.05, 0.1) is 5.60 Å². The van der Waals surface area contributed by atoms with Crippen LogP contribution in [0, 0.1) is 0 Å². The Labute approximate surface area is 99.6 Å². The number of hydrogen-bond donors (Lipinski definition) is 0. The molecule has 4 heteroatoms. The highest BCUT2D eigenvalue weighted by Gasteiger charge is 2.28. The van der Waals surface area contributed by atoms with E-state index in [2.05, 4.69) is 0 Å². The van der Waals surface area contributed by atoms with Crippen LogP contribution in [0.25, 0.3) is 0 Å². The fraction of sp³-hybridized carbons (Fsp3) is 0.538. The van der Waals surface area contributed by atoms with Crippen LogP contribution >= 0.6 is 0 Å². The molecule has 0 aliphatic heterocycles. The molecule has 17 heavy (non-hydrogen) atoms. The molecule has 0 aromatic heterocycles. The third-order valence-electron chi connectivity index (χ3n) is 2.85. The van der Waals surface area contributed by atoms with Crippen LogP contribution in [-0.4, -0.2) is 13.3 Å². The van der Waals surface area contributed by atoms with Crippen molar-refractivity contribution in [2.24, 2.45) is 0 Å². The molecule has 96 valence electrons. The van der Waals surface area contributed by atoms with E-state index in [4.69, 9.17) is 4.74 Å². The standard InChI is InChI=1S/C13H17F3O/c1-12(2,17-3)11-7-5-4-6-10(11)8-9-13(14,15)16/h4-7H,8-9H2,1-3H3. The van der Waals surface area contributed by atoms with Crippen molar-refractivity contribution < 1.29 is 17.9 Å². The van der Waals surface area contributed by atoms with Gasteiger partial charge >= 0.3 is 6.18 Å². The molecule has 1 nitrogen and oxygen atoms in total. The molecule has 0 spiro atoms. The Bertz CT molecular complexity index is 369. The summed E-state index contributed by atoms with van der Waals surface area (Å²) >= 11 is 0. The van der Waals surface area contributed by atoms with E-state index in [1.165, 1.54) is 0 Å². The van der Waals surface area contributed by atoms with E-state index in [0.29, 0.717) is 5.56 Å². The van der Waals surface area contributed by atoms with Crippen molar-refractivity contribution >= 4 is 0 Å². The van der Waals surface area contributed by atoms with Crippen LogP contribution in [0.1, 0.15) is 31.4 Å². The summed E-state index contributed by atoms with van der Waals surface area (Å²) < 4.78 is 42.0. The lowest BCUT2D eigenvalue weighted by Crippen LogP contribution is -2.22. The molecule has 0 saturated carbocycles. The lowest BCUT2D eigenvalue weighted by molar-refractivity contribution is -0.134. The third kappa shape index (κ3) is 4.04. The number of hydrogen-bond acceptors (Lipinski definition) is 1. The molecule has 0 bridgehead atoms. The Morgan fingerprint density at radius 1 is 1.12 bits per heavy atom. The van der Waals surface area contributed by atoms with E-state index >= 15 is 0 Å². The van der Waals surface area contributed by atoms with E-state index in [1.807, 2.05) is 26.0 Å². The predicted molar refractivity (Wildman–Crippen MR) is 60.9 cm³/mol. The topological polar surface area (TPSA) is 9.23 Å². The summed E-state index contributed by atoms with van der Waals surface area (Å²) in [5.41, 5.74) is 0.936. The highest BCUT2D eigenvalue weighted by Crippen LogP contribution is 2.30. The Morgan fingerprint density at radius 3 is 2.24 bits per heavy atom. The zero-order chi connectivity index (χ0) is 13.1. The van der Waals surface area contributed by atoms with Gasteiger partial charge in [0, 0.05) is 13.5 Å². The van der Waals surface area contributed by atoms with Gasteiger partial charge in [0.15, 0.2) is 0 Å². The molecule has 1 aromatic rings. The summed E-state index contributed by atoms with van der Waals surface area (Å²) in [6.45, 7) is 3.69. The van der Waals surface area contributed by atoms with Gasteiger partial charge in [-0.2, -0.15) is 13.2 Å². The highest BCUT2D eigenvalue weighted by molar-refractivity contribution is 5.31. The first-order valence-electron chi connectivity index (χ1n) is 5.46. The molecule has 0 aliphatic rings. The van der Waals surface area contributed by atoms with E-state index in [0.717, 1.165) is 5.56 Å². The van der Waals surface area contributed by atoms with Crippen molar-refractivity contribution in [3.63, 3.8) is 0 Å². The lowest BCUT2D eigenvalue weighted by Gasteiger charge is -2.26. The molecule has 0 unspecified atom stereocenters. The van der Waals surface area contributed by atoms with Crippen LogP contribution < -0.4 is 0 Å². The predicted octanol–water partition coefficient (Wildman–Crippen LogP) is 4.06. The second-order valence-electron chi connectivity index (χ2n) is 4.49. The Hall–Kier alpha value is -1.03. The molecule has 0 saturated heterocycles. The zero-order valence-corrected chi connectivity index (χ0v) is 10.3. The molecule has 0 aliphatic carbocycles. The largest absolute Gasteiger partial charge is 0.389 e. The second-order valence-corrected chi connectivity index (χ2v) is 4.49.